The molecule has 0 aliphatic rings. The molecule has 29 heavy (non-hydrogen) atoms. The Balaban J connectivity index is 0. The van der Waals surface area contributed by atoms with Crippen LogP contribution in [-0.4, -0.2) is 65.8 Å². The first-order chi connectivity index (χ1) is 13.2. The van der Waals surface area contributed by atoms with Crippen molar-refractivity contribution in [3.63, 3.8) is 0 Å². The number of carboxylic acid groups (broad SMARTS) is 1. The number of aliphatic carboxylic acids is 1. The van der Waals surface area contributed by atoms with Crippen LogP contribution in [-0.2, 0) is 14.4 Å². The number of nitrogens with one attached hydrogen (secondary N) is 2. The van der Waals surface area contributed by atoms with E-state index in [1.165, 1.54) is 24.3 Å². The van der Waals surface area contributed by atoms with Crippen molar-refractivity contribution in [2.24, 2.45) is 5.41 Å². The zero-order chi connectivity index (χ0) is 23.4. The quantitative estimate of drug-likeness (QED) is 0.332. The molecule has 0 heterocycles. The Hall–Kier alpha value is -1.54. The second kappa shape index (κ2) is 13.6. The summed E-state index contributed by atoms with van der Waals surface area (Å²) in [5.41, 5.74) is -1.18. The van der Waals surface area contributed by atoms with Gasteiger partial charge in [0.25, 0.3) is 0 Å². The highest BCUT2D eigenvalue weighted by atomic mass is 32.1. The number of amides is 2. The minimum absolute atomic E-state index is 0.152. The minimum atomic E-state index is -1.02. The first-order valence-electron chi connectivity index (χ1n) is 9.97. The second-order valence-corrected chi connectivity index (χ2v) is 8.89. The van der Waals surface area contributed by atoms with Crippen LogP contribution in [0.1, 0.15) is 61.3 Å². The van der Waals surface area contributed by atoms with Gasteiger partial charge in [0.15, 0.2) is 0 Å². The van der Waals surface area contributed by atoms with Gasteiger partial charge in [-0.05, 0) is 38.5 Å². The van der Waals surface area contributed by atoms with Crippen LogP contribution < -0.4 is 10.6 Å². The smallest absolute Gasteiger partial charge is 0.331 e. The summed E-state index contributed by atoms with van der Waals surface area (Å²) in [4.78, 5) is 37.9. The van der Waals surface area contributed by atoms with Gasteiger partial charge in [0, 0.05) is 19.2 Å². The topological polar surface area (TPSA) is 98.7 Å². The number of carboxylic acids is 1. The lowest BCUT2D eigenvalue weighted by Crippen LogP contribution is -2.61. The zero-order valence-electron chi connectivity index (χ0n) is 19.5. The standard InChI is InChI=1S/C18H33N3O4S.C3H8/c1-12(15(23)24)8-10-21(7)14(22)13(17(2,3)4)20-16(25)18(5,19-6)9-11-26;1-3-2/h8,13,19,26H,9-11H2,1-7H3,(H,20,25)(H,23,24);3H2,1-2H3/b12-8+;. The fourth-order valence-electron chi connectivity index (χ4n) is 2.19. The molecule has 3 N–H and O–H groups in total. The van der Waals surface area contributed by atoms with Gasteiger partial charge in [-0.15, -0.1) is 0 Å². The van der Waals surface area contributed by atoms with Gasteiger partial charge in [0.05, 0.1) is 5.54 Å². The van der Waals surface area contributed by atoms with Crippen molar-refractivity contribution in [3.8, 4) is 0 Å². The number of nitrogens with zero attached hydrogens (tertiary/aromatic N) is 1. The SMILES string of the molecule is CCC.CNC(C)(CCS)C(=O)NC(C(=O)N(C)C/C=C(\C)C(=O)O)C(C)(C)C. The number of hydrogen-bond donors (Lipinski definition) is 4. The molecule has 0 fully saturated rings. The van der Waals surface area contributed by atoms with Gasteiger partial charge >= 0.3 is 5.97 Å². The van der Waals surface area contributed by atoms with Gasteiger partial charge in [-0.1, -0.05) is 47.1 Å². The maximum absolute atomic E-state index is 12.9. The Kier molecular flexibility index (Phi) is 14.0. The normalized spacial score (nSPS) is 14.8. The third-order valence-corrected chi connectivity index (χ3v) is 4.66. The minimum Gasteiger partial charge on any atom is -0.478 e. The van der Waals surface area contributed by atoms with Crippen LogP contribution in [0, 0.1) is 5.41 Å². The van der Waals surface area contributed by atoms with Gasteiger partial charge < -0.3 is 20.6 Å². The van der Waals surface area contributed by atoms with Crippen LogP contribution in [0.15, 0.2) is 11.6 Å². The second-order valence-electron chi connectivity index (χ2n) is 8.45. The number of hydrogen-bond acceptors (Lipinski definition) is 5. The van der Waals surface area contributed by atoms with Crippen molar-refractivity contribution in [1.29, 1.82) is 0 Å². The van der Waals surface area contributed by atoms with E-state index in [0.717, 1.165) is 0 Å². The van der Waals surface area contributed by atoms with Crippen LogP contribution >= 0.6 is 12.6 Å². The van der Waals surface area contributed by atoms with E-state index < -0.39 is 23.0 Å². The lowest BCUT2D eigenvalue weighted by Gasteiger charge is -2.36. The van der Waals surface area contributed by atoms with Crippen molar-refractivity contribution in [2.75, 3.05) is 26.4 Å². The molecule has 0 bridgehead atoms. The first kappa shape index (κ1) is 29.7. The van der Waals surface area contributed by atoms with Crippen LogP contribution in [0.5, 0.6) is 0 Å². The van der Waals surface area contributed by atoms with Crippen molar-refractivity contribution in [3.05, 3.63) is 11.6 Å². The average molecular weight is 432 g/mol. The Morgan fingerprint density at radius 1 is 1.17 bits per heavy atom. The fourth-order valence-corrected chi connectivity index (χ4v) is 2.63. The maximum atomic E-state index is 12.9. The number of thiol groups is 1. The van der Waals surface area contributed by atoms with Crippen LogP contribution in [0.2, 0.25) is 0 Å². The molecule has 2 amide bonds. The average Bonchev–Trinajstić information content (AvgIpc) is 2.62. The van der Waals surface area contributed by atoms with E-state index >= 15 is 0 Å². The van der Waals surface area contributed by atoms with Crippen molar-refractivity contribution >= 4 is 30.4 Å². The van der Waals surface area contributed by atoms with E-state index in [0.29, 0.717) is 12.2 Å². The summed E-state index contributed by atoms with van der Waals surface area (Å²) in [6, 6.07) is -0.744. The molecule has 170 valence electrons. The molecule has 0 aliphatic heterocycles. The molecule has 0 rings (SSSR count). The highest BCUT2D eigenvalue weighted by Gasteiger charge is 2.39. The zero-order valence-corrected chi connectivity index (χ0v) is 20.4. The molecule has 0 spiro atoms. The third-order valence-electron chi connectivity index (χ3n) is 4.44. The van der Waals surface area contributed by atoms with E-state index in [1.54, 1.807) is 21.0 Å². The first-order valence-corrected chi connectivity index (χ1v) is 10.6. The number of carbonyl (C=O) groups excluding carboxylic acids is 2. The van der Waals surface area contributed by atoms with Crippen molar-refractivity contribution < 1.29 is 19.5 Å². The van der Waals surface area contributed by atoms with E-state index in [9.17, 15) is 14.4 Å². The summed E-state index contributed by atoms with van der Waals surface area (Å²) in [7, 11) is 3.28. The highest BCUT2D eigenvalue weighted by molar-refractivity contribution is 7.80. The lowest BCUT2D eigenvalue weighted by molar-refractivity contribution is -0.139. The molecule has 0 saturated carbocycles. The molecule has 0 saturated heterocycles. The summed E-state index contributed by atoms with van der Waals surface area (Å²) in [6.45, 7) is 13.3. The summed E-state index contributed by atoms with van der Waals surface area (Å²) in [5.74, 6) is -1.04. The monoisotopic (exact) mass is 431 g/mol. The molecule has 0 aromatic rings. The molecule has 0 aromatic carbocycles. The molecule has 0 aliphatic carbocycles. The fraction of sp³-hybridized carbons (Fsp3) is 0.762. The van der Waals surface area contributed by atoms with E-state index in [-0.39, 0.29) is 23.9 Å². The molecule has 8 heteroatoms. The van der Waals surface area contributed by atoms with Crippen molar-refractivity contribution in [1.82, 2.24) is 15.5 Å². The number of rotatable bonds is 9. The molecule has 7 nitrogen and oxygen atoms in total. The third kappa shape index (κ3) is 10.7. The van der Waals surface area contributed by atoms with E-state index in [4.69, 9.17) is 5.11 Å². The maximum Gasteiger partial charge on any atom is 0.331 e. The van der Waals surface area contributed by atoms with Crippen LogP contribution in [0.3, 0.4) is 0 Å². The van der Waals surface area contributed by atoms with Gasteiger partial charge in [-0.3, -0.25) is 9.59 Å². The molecule has 2 unspecified atom stereocenters. The summed E-state index contributed by atoms with van der Waals surface area (Å²) < 4.78 is 0. The van der Waals surface area contributed by atoms with Gasteiger partial charge in [0.1, 0.15) is 6.04 Å². The van der Waals surface area contributed by atoms with E-state index in [2.05, 4.69) is 37.1 Å². The molecular formula is C21H41N3O4S. The van der Waals surface area contributed by atoms with Crippen LogP contribution in [0.4, 0.5) is 0 Å². The predicted molar refractivity (Wildman–Crippen MR) is 122 cm³/mol. The highest BCUT2D eigenvalue weighted by Crippen LogP contribution is 2.22. The van der Waals surface area contributed by atoms with Gasteiger partial charge in [-0.2, -0.15) is 12.6 Å². The van der Waals surface area contributed by atoms with Gasteiger partial charge in [-0.25, -0.2) is 4.79 Å². The summed E-state index contributed by atoms with van der Waals surface area (Å²) >= 11 is 4.20. The largest absolute Gasteiger partial charge is 0.478 e. The molecular weight excluding hydrogens is 390 g/mol. The summed E-state index contributed by atoms with van der Waals surface area (Å²) in [5, 5.41) is 14.8. The number of likely N-dealkylation sites (N-methyl/N-ethyl adjacent to an activating group) is 2. The Labute approximate surface area is 182 Å². The Morgan fingerprint density at radius 3 is 2.00 bits per heavy atom. The van der Waals surface area contributed by atoms with Gasteiger partial charge in [0.2, 0.25) is 11.8 Å². The number of carbonyl (C=O) groups is 3. The van der Waals surface area contributed by atoms with E-state index in [1.807, 2.05) is 20.8 Å². The molecule has 2 atom stereocenters. The summed E-state index contributed by atoms with van der Waals surface area (Å²) in [6.07, 6.45) is 3.24. The van der Waals surface area contributed by atoms with Crippen molar-refractivity contribution in [2.45, 2.75) is 72.9 Å². The predicted octanol–water partition coefficient (Wildman–Crippen LogP) is 2.72. The lowest BCUT2D eigenvalue weighted by atomic mass is 9.84. The molecule has 0 radical (unpaired) electrons. The Bertz CT molecular complexity index is 573. The molecule has 0 aromatic heterocycles. The Morgan fingerprint density at radius 2 is 1.66 bits per heavy atom. The van der Waals surface area contributed by atoms with Crippen LogP contribution in [0.25, 0.3) is 0 Å².